The lowest BCUT2D eigenvalue weighted by Crippen LogP contribution is -2.42. The Balaban J connectivity index is 2.04. The third kappa shape index (κ3) is 2.40. The predicted octanol–water partition coefficient (Wildman–Crippen LogP) is 4.45. The third-order valence-corrected chi connectivity index (χ3v) is 4.10. The number of hydroxylamine groups is 2. The molecule has 0 aromatic heterocycles. The van der Waals surface area contributed by atoms with Crippen molar-refractivity contribution in [2.45, 2.75) is 24.2 Å². The molecular formula is C17H16F3NO. The topological polar surface area (TPSA) is 12.5 Å². The zero-order chi connectivity index (χ0) is 15.8. The SMILES string of the molecule is CN1O[C@@](c2ccccc2)(C(F)(F)F)C[C@H]1c1ccccc1. The minimum Gasteiger partial charge on any atom is -0.278 e. The molecule has 1 fully saturated rings. The van der Waals surface area contributed by atoms with Gasteiger partial charge in [0, 0.05) is 13.5 Å². The molecule has 5 heteroatoms. The second kappa shape index (κ2) is 5.41. The molecule has 2 aromatic carbocycles. The number of nitrogens with zero attached hydrogens (tertiary/aromatic N) is 1. The minimum absolute atomic E-state index is 0.132. The molecule has 22 heavy (non-hydrogen) atoms. The summed E-state index contributed by atoms with van der Waals surface area (Å²) in [5.41, 5.74) is -1.36. The maximum Gasteiger partial charge on any atom is 0.423 e. The van der Waals surface area contributed by atoms with Gasteiger partial charge in [-0.15, -0.1) is 0 Å². The number of rotatable bonds is 2. The molecule has 0 spiro atoms. The van der Waals surface area contributed by atoms with Crippen molar-refractivity contribution >= 4 is 0 Å². The van der Waals surface area contributed by atoms with Crippen LogP contribution in [0.25, 0.3) is 0 Å². The van der Waals surface area contributed by atoms with E-state index in [4.69, 9.17) is 4.84 Å². The van der Waals surface area contributed by atoms with Crippen molar-refractivity contribution < 1.29 is 18.0 Å². The lowest BCUT2D eigenvalue weighted by molar-refractivity contribution is -0.322. The fourth-order valence-corrected chi connectivity index (χ4v) is 2.96. The summed E-state index contributed by atoms with van der Waals surface area (Å²) in [5, 5.41) is 1.32. The van der Waals surface area contributed by atoms with Gasteiger partial charge in [-0.1, -0.05) is 60.7 Å². The van der Waals surface area contributed by atoms with Crippen LogP contribution in [0.3, 0.4) is 0 Å². The van der Waals surface area contributed by atoms with Crippen LogP contribution in [0, 0.1) is 0 Å². The van der Waals surface area contributed by atoms with Gasteiger partial charge in [-0.3, -0.25) is 4.84 Å². The Labute approximate surface area is 127 Å². The molecule has 1 saturated heterocycles. The van der Waals surface area contributed by atoms with Crippen LogP contribution in [0.5, 0.6) is 0 Å². The van der Waals surface area contributed by atoms with Crippen molar-refractivity contribution in [3.05, 3.63) is 71.8 Å². The zero-order valence-electron chi connectivity index (χ0n) is 12.0. The molecule has 0 amide bonds. The van der Waals surface area contributed by atoms with Gasteiger partial charge in [-0.05, 0) is 11.1 Å². The van der Waals surface area contributed by atoms with Gasteiger partial charge in [0.25, 0.3) is 0 Å². The van der Waals surface area contributed by atoms with Gasteiger partial charge in [-0.2, -0.15) is 18.2 Å². The monoisotopic (exact) mass is 307 g/mol. The van der Waals surface area contributed by atoms with E-state index in [1.54, 1.807) is 25.2 Å². The molecule has 0 bridgehead atoms. The van der Waals surface area contributed by atoms with E-state index >= 15 is 0 Å². The maximum atomic E-state index is 13.8. The Morgan fingerprint density at radius 1 is 1.00 bits per heavy atom. The van der Waals surface area contributed by atoms with Gasteiger partial charge >= 0.3 is 6.18 Å². The van der Waals surface area contributed by atoms with Crippen molar-refractivity contribution in [2.75, 3.05) is 7.05 Å². The normalized spacial score (nSPS) is 26.3. The Kier molecular flexibility index (Phi) is 3.70. The first-order chi connectivity index (χ1) is 10.4. The smallest absolute Gasteiger partial charge is 0.278 e. The zero-order valence-corrected chi connectivity index (χ0v) is 12.0. The number of hydrogen-bond donors (Lipinski definition) is 0. The highest BCUT2D eigenvalue weighted by atomic mass is 19.4. The van der Waals surface area contributed by atoms with E-state index < -0.39 is 17.8 Å². The van der Waals surface area contributed by atoms with Crippen molar-refractivity contribution in [2.24, 2.45) is 0 Å². The van der Waals surface area contributed by atoms with E-state index in [1.807, 2.05) is 30.3 Å². The second-order valence-electron chi connectivity index (χ2n) is 5.46. The first-order valence-corrected chi connectivity index (χ1v) is 7.03. The van der Waals surface area contributed by atoms with Crippen LogP contribution in [0.4, 0.5) is 13.2 Å². The van der Waals surface area contributed by atoms with Crippen LogP contribution in [-0.4, -0.2) is 18.3 Å². The fourth-order valence-electron chi connectivity index (χ4n) is 2.96. The number of hydrogen-bond acceptors (Lipinski definition) is 2. The van der Waals surface area contributed by atoms with Gasteiger partial charge in [-0.25, -0.2) is 0 Å². The molecule has 1 heterocycles. The summed E-state index contributed by atoms with van der Waals surface area (Å²) in [7, 11) is 1.55. The Morgan fingerprint density at radius 2 is 1.55 bits per heavy atom. The van der Waals surface area contributed by atoms with E-state index in [0.717, 1.165) is 5.56 Å². The van der Waals surface area contributed by atoms with E-state index in [-0.39, 0.29) is 12.0 Å². The molecular weight excluding hydrogens is 291 g/mol. The first kappa shape index (κ1) is 15.1. The van der Waals surface area contributed by atoms with Crippen molar-refractivity contribution in [3.8, 4) is 0 Å². The molecule has 0 saturated carbocycles. The minimum atomic E-state index is -4.49. The van der Waals surface area contributed by atoms with Crippen LogP contribution in [-0.2, 0) is 10.4 Å². The average molecular weight is 307 g/mol. The Hall–Kier alpha value is -1.85. The van der Waals surface area contributed by atoms with Crippen LogP contribution < -0.4 is 0 Å². The first-order valence-electron chi connectivity index (χ1n) is 7.03. The van der Waals surface area contributed by atoms with E-state index in [9.17, 15) is 13.2 Å². The van der Waals surface area contributed by atoms with Crippen LogP contribution in [0.1, 0.15) is 23.6 Å². The van der Waals surface area contributed by atoms with Gasteiger partial charge in [0.2, 0.25) is 5.60 Å². The molecule has 0 aliphatic carbocycles. The lowest BCUT2D eigenvalue weighted by Gasteiger charge is -2.30. The number of benzene rings is 2. The highest BCUT2D eigenvalue weighted by Crippen LogP contribution is 2.53. The maximum absolute atomic E-state index is 13.8. The predicted molar refractivity (Wildman–Crippen MR) is 76.8 cm³/mol. The van der Waals surface area contributed by atoms with E-state index in [0.29, 0.717) is 0 Å². The van der Waals surface area contributed by atoms with Crippen molar-refractivity contribution in [3.63, 3.8) is 0 Å². The number of halogens is 3. The molecule has 2 nitrogen and oxygen atoms in total. The summed E-state index contributed by atoms with van der Waals surface area (Å²) in [6, 6.07) is 16.5. The van der Waals surface area contributed by atoms with Crippen molar-refractivity contribution in [1.29, 1.82) is 0 Å². The molecule has 2 aromatic rings. The van der Waals surface area contributed by atoms with Crippen LogP contribution >= 0.6 is 0 Å². The summed E-state index contributed by atoms with van der Waals surface area (Å²) in [6.45, 7) is 0. The molecule has 3 rings (SSSR count). The van der Waals surface area contributed by atoms with E-state index in [2.05, 4.69) is 0 Å². The third-order valence-electron chi connectivity index (χ3n) is 4.10. The van der Waals surface area contributed by atoms with Gasteiger partial charge in [0.15, 0.2) is 0 Å². The molecule has 1 aliphatic rings. The summed E-state index contributed by atoms with van der Waals surface area (Å²) in [6.07, 6.45) is -4.66. The summed E-state index contributed by atoms with van der Waals surface area (Å²) >= 11 is 0. The quantitative estimate of drug-likeness (QED) is 0.812. The number of alkyl halides is 3. The molecule has 1 aliphatic heterocycles. The van der Waals surface area contributed by atoms with Gasteiger partial charge < -0.3 is 0 Å². The van der Waals surface area contributed by atoms with Crippen molar-refractivity contribution in [1.82, 2.24) is 5.06 Å². The molecule has 0 radical (unpaired) electrons. The van der Waals surface area contributed by atoms with E-state index in [1.165, 1.54) is 17.2 Å². The van der Waals surface area contributed by atoms with Crippen LogP contribution in [0.15, 0.2) is 60.7 Å². The fraction of sp³-hybridized carbons (Fsp3) is 0.294. The summed E-state index contributed by atoms with van der Waals surface area (Å²) in [4.78, 5) is 5.37. The lowest BCUT2D eigenvalue weighted by atomic mass is 9.86. The van der Waals surface area contributed by atoms with Gasteiger partial charge in [0.05, 0.1) is 6.04 Å². The molecule has 0 unspecified atom stereocenters. The average Bonchev–Trinajstić information content (AvgIpc) is 2.88. The summed E-state index contributed by atoms with van der Waals surface area (Å²) in [5.74, 6) is 0. The standard InChI is InChI=1S/C17H16F3NO/c1-21-15(13-8-4-2-5-9-13)12-16(22-21,17(18,19)20)14-10-6-3-7-11-14/h2-11,15H,12H2,1H3/t15-,16-/m0/s1. The van der Waals surface area contributed by atoms with Gasteiger partial charge in [0.1, 0.15) is 0 Å². The summed E-state index contributed by atoms with van der Waals surface area (Å²) < 4.78 is 41.4. The van der Waals surface area contributed by atoms with Crippen LogP contribution in [0.2, 0.25) is 0 Å². The second-order valence-corrected chi connectivity index (χ2v) is 5.46. The Morgan fingerprint density at radius 3 is 2.09 bits per heavy atom. The molecule has 0 N–H and O–H groups in total. The Bertz CT molecular complexity index is 629. The molecule has 116 valence electrons. The molecule has 2 atom stereocenters. The highest BCUT2D eigenvalue weighted by molar-refractivity contribution is 5.29. The largest absolute Gasteiger partial charge is 0.423 e. The highest BCUT2D eigenvalue weighted by Gasteiger charge is 2.63.